The fourth-order valence-electron chi connectivity index (χ4n) is 10.4. The molecule has 4 aliphatic rings. The Morgan fingerprint density at radius 2 is 1.53 bits per heavy atom. The summed E-state index contributed by atoms with van der Waals surface area (Å²) in [4.78, 5) is 11.0. The molecule has 0 aromatic carbocycles. The van der Waals surface area contributed by atoms with Crippen molar-refractivity contribution in [2.45, 2.75) is 120 Å². The van der Waals surface area contributed by atoms with Crippen molar-refractivity contribution < 1.29 is 56.2 Å². The van der Waals surface area contributed by atoms with Crippen molar-refractivity contribution in [2.24, 2.45) is 62.6 Å². The van der Waals surface area contributed by atoms with E-state index in [4.69, 9.17) is 0 Å². The first kappa shape index (κ1) is 27.9. The van der Waals surface area contributed by atoms with Gasteiger partial charge in [0.05, 0.1) is 0 Å². The van der Waals surface area contributed by atoms with Gasteiger partial charge in [0.25, 0.3) is 0 Å². The molecule has 32 heavy (non-hydrogen) atoms. The second-order valence-electron chi connectivity index (χ2n) is 15.2. The molecule has 0 aromatic heterocycles. The zero-order valence-corrected chi connectivity index (χ0v) is 26.4. The predicted octanol–water partition coefficient (Wildman–Crippen LogP) is 5.47. The third-order valence-corrected chi connectivity index (χ3v) is 12.4. The van der Waals surface area contributed by atoms with E-state index in [1.807, 2.05) is 0 Å². The Labute approximate surface area is 242 Å². The molecule has 2 unspecified atom stereocenters. The van der Waals surface area contributed by atoms with Gasteiger partial charge in [-0.1, -0.05) is 68.7 Å². The van der Waals surface area contributed by atoms with Gasteiger partial charge in [-0.2, -0.15) is 6.42 Å². The molecule has 0 radical (unpaired) electrons. The number of hydrogen-bond donors (Lipinski definition) is 0. The Balaban J connectivity index is 0.00000289. The van der Waals surface area contributed by atoms with Crippen LogP contribution in [0.1, 0.15) is 120 Å². The van der Waals surface area contributed by atoms with E-state index in [0.717, 1.165) is 36.0 Å². The maximum Gasteiger partial charge on any atom is 1.00 e. The smallest absolute Gasteiger partial charge is 0.542 e. The first-order valence-electron chi connectivity index (χ1n) is 13.5. The maximum absolute atomic E-state index is 11.0. The Bertz CT molecular complexity index is 708. The average molecular weight is 467 g/mol. The summed E-state index contributed by atoms with van der Waals surface area (Å²) in [6.45, 7) is 23.4. The summed E-state index contributed by atoms with van der Waals surface area (Å²) < 4.78 is 0. The van der Waals surface area contributed by atoms with Crippen LogP contribution in [0.5, 0.6) is 0 Å². The minimum absolute atomic E-state index is 0. The number of carbonyl (C=O) groups excluding carboxylic acids is 1. The van der Waals surface area contributed by atoms with Crippen LogP contribution in [0.15, 0.2) is 0 Å². The van der Waals surface area contributed by atoms with E-state index >= 15 is 0 Å². The third-order valence-electron chi connectivity index (χ3n) is 12.4. The van der Waals surface area contributed by atoms with Crippen molar-refractivity contribution in [3.63, 3.8) is 0 Å². The molecular formula is C30H51KO. The quantitative estimate of drug-likeness (QED) is 0.396. The van der Waals surface area contributed by atoms with E-state index in [9.17, 15) is 4.79 Å². The molecule has 0 N–H and O–H groups in total. The van der Waals surface area contributed by atoms with Crippen LogP contribution in [0.25, 0.3) is 0 Å². The van der Waals surface area contributed by atoms with E-state index in [2.05, 4.69) is 68.6 Å². The van der Waals surface area contributed by atoms with Gasteiger partial charge in [-0.15, -0.1) is 0 Å². The van der Waals surface area contributed by atoms with Gasteiger partial charge in [-0.3, -0.25) is 6.29 Å². The van der Waals surface area contributed by atoms with Crippen LogP contribution in [0.2, 0.25) is 0 Å². The molecule has 4 rings (SSSR count). The molecule has 4 saturated carbocycles. The van der Waals surface area contributed by atoms with Gasteiger partial charge >= 0.3 is 51.4 Å². The Hall–Kier alpha value is 1.31. The summed E-state index contributed by atoms with van der Waals surface area (Å²) in [5.41, 5.74) is 2.26. The molecule has 0 heterocycles. The summed E-state index contributed by atoms with van der Waals surface area (Å²) >= 11 is 0. The van der Waals surface area contributed by atoms with E-state index in [0.29, 0.717) is 39.4 Å². The molecule has 0 bridgehead atoms. The Kier molecular flexibility index (Phi) is 7.85. The minimum Gasteiger partial charge on any atom is -0.542 e. The first-order chi connectivity index (χ1) is 14.2. The normalized spacial score (nSPS) is 46.7. The molecule has 0 saturated heterocycles. The molecule has 0 spiro atoms. The molecular weight excluding hydrogens is 415 g/mol. The fraction of sp³-hybridized carbons (Fsp3) is 0.967. The van der Waals surface area contributed by atoms with Gasteiger partial charge < -0.3 is 4.79 Å². The standard InChI is InChI=1S/C30H51O.K/c1-20(11-10-16-31)22-12-13-23-25-24(19-28(6,7)30(22,23)9)29(8)15-14-26(2,3)17-21(29)18-27(25,4)5;/h20-25H,10-15,17-19H2,1-9H3;/q-1;+1/t20?,21-,22?,23-,24-,25-,29-,30+;/m0./s1. The van der Waals surface area contributed by atoms with Crippen LogP contribution in [-0.2, 0) is 4.79 Å². The van der Waals surface area contributed by atoms with Gasteiger partial charge in [0.15, 0.2) is 0 Å². The Morgan fingerprint density at radius 3 is 2.16 bits per heavy atom. The van der Waals surface area contributed by atoms with Crippen LogP contribution >= 0.6 is 0 Å². The number of rotatable bonds is 4. The molecule has 4 aliphatic carbocycles. The zero-order chi connectivity index (χ0) is 23.0. The van der Waals surface area contributed by atoms with Gasteiger partial charge in [0.2, 0.25) is 0 Å². The molecule has 1 nitrogen and oxygen atoms in total. The van der Waals surface area contributed by atoms with Crippen LogP contribution in [0.4, 0.5) is 0 Å². The van der Waals surface area contributed by atoms with Crippen molar-refractivity contribution in [3.05, 3.63) is 0 Å². The van der Waals surface area contributed by atoms with Gasteiger partial charge in [0.1, 0.15) is 0 Å². The minimum atomic E-state index is 0. The largest absolute Gasteiger partial charge is 1.00 e. The van der Waals surface area contributed by atoms with Crippen molar-refractivity contribution in [1.29, 1.82) is 0 Å². The van der Waals surface area contributed by atoms with Crippen molar-refractivity contribution in [3.8, 4) is 0 Å². The van der Waals surface area contributed by atoms with Gasteiger partial charge in [-0.25, -0.2) is 0 Å². The summed E-state index contributed by atoms with van der Waals surface area (Å²) in [6.07, 6.45) is 13.7. The van der Waals surface area contributed by atoms with E-state index < -0.39 is 0 Å². The monoisotopic (exact) mass is 466 g/mol. The average Bonchev–Trinajstić information content (AvgIpc) is 3.00. The second-order valence-corrected chi connectivity index (χ2v) is 15.2. The SMILES string of the molecule is CC(CC[C-]=O)C1CC[C@H]2[C@H]3[C@H](CC(C)(C)[C@]12C)[C@@]1(C)CCC(C)(C)C[C@H]1CC3(C)C.[K+]. The zero-order valence-electron chi connectivity index (χ0n) is 23.2. The van der Waals surface area contributed by atoms with Crippen LogP contribution in [0, 0.1) is 62.6 Å². The summed E-state index contributed by atoms with van der Waals surface area (Å²) in [6, 6.07) is 0. The molecule has 2 heteroatoms. The second kappa shape index (κ2) is 9.00. The third kappa shape index (κ3) is 4.14. The van der Waals surface area contributed by atoms with Crippen LogP contribution in [-0.4, -0.2) is 6.29 Å². The fourth-order valence-corrected chi connectivity index (χ4v) is 10.4. The first-order valence-corrected chi connectivity index (χ1v) is 13.5. The Morgan fingerprint density at radius 1 is 0.875 bits per heavy atom. The summed E-state index contributed by atoms with van der Waals surface area (Å²) in [7, 11) is 0. The van der Waals surface area contributed by atoms with E-state index in [1.54, 1.807) is 0 Å². The van der Waals surface area contributed by atoms with E-state index in [1.165, 1.54) is 44.9 Å². The van der Waals surface area contributed by atoms with Gasteiger partial charge in [0, 0.05) is 0 Å². The number of hydrogen-bond acceptors (Lipinski definition) is 1. The maximum atomic E-state index is 11.0. The van der Waals surface area contributed by atoms with Crippen LogP contribution < -0.4 is 51.4 Å². The summed E-state index contributed by atoms with van der Waals surface area (Å²) in [5.74, 6) is 4.88. The van der Waals surface area contributed by atoms with Gasteiger partial charge in [-0.05, 0) is 108 Å². The number of fused-ring (bicyclic) bond motifs is 5. The molecule has 0 aliphatic heterocycles. The van der Waals surface area contributed by atoms with Crippen LogP contribution in [0.3, 0.4) is 0 Å². The van der Waals surface area contributed by atoms with E-state index in [-0.39, 0.29) is 51.4 Å². The molecule has 0 amide bonds. The van der Waals surface area contributed by atoms with Crippen molar-refractivity contribution >= 4 is 6.29 Å². The molecule has 178 valence electrons. The topological polar surface area (TPSA) is 17.1 Å². The predicted molar refractivity (Wildman–Crippen MR) is 131 cm³/mol. The van der Waals surface area contributed by atoms with Crippen molar-refractivity contribution in [2.75, 3.05) is 0 Å². The molecule has 4 fully saturated rings. The van der Waals surface area contributed by atoms with Crippen molar-refractivity contribution in [1.82, 2.24) is 0 Å². The summed E-state index contributed by atoms with van der Waals surface area (Å²) in [5, 5.41) is 0. The molecule has 0 aromatic rings. The molecule has 8 atom stereocenters.